The standard InChI is InChI=1S/C17H29N3O/c1-5-19(6-2)11-8-12-20(7-3)17(21)16-10-9-15(18)13-14(16)4/h9-10,13H,5-8,11-12,18H2,1-4H3. The summed E-state index contributed by atoms with van der Waals surface area (Å²) in [7, 11) is 0. The summed E-state index contributed by atoms with van der Waals surface area (Å²) in [5.74, 6) is 0.106. The lowest BCUT2D eigenvalue weighted by molar-refractivity contribution is 0.0757. The van der Waals surface area contributed by atoms with Crippen molar-refractivity contribution < 1.29 is 4.79 Å². The summed E-state index contributed by atoms with van der Waals surface area (Å²) in [5.41, 5.74) is 8.16. The molecule has 1 aromatic rings. The Morgan fingerprint density at radius 1 is 1.10 bits per heavy atom. The second kappa shape index (κ2) is 8.67. The number of carbonyl (C=O) groups excluding carboxylic acids is 1. The van der Waals surface area contributed by atoms with Gasteiger partial charge in [0.25, 0.3) is 5.91 Å². The van der Waals surface area contributed by atoms with E-state index in [1.807, 2.05) is 30.9 Å². The Labute approximate surface area is 128 Å². The number of amides is 1. The van der Waals surface area contributed by atoms with Crippen molar-refractivity contribution in [3.05, 3.63) is 29.3 Å². The molecule has 21 heavy (non-hydrogen) atoms. The number of hydrogen-bond acceptors (Lipinski definition) is 3. The average Bonchev–Trinajstić information content (AvgIpc) is 2.47. The number of aryl methyl sites for hydroxylation is 1. The molecule has 0 spiro atoms. The van der Waals surface area contributed by atoms with Crippen molar-refractivity contribution in [3.63, 3.8) is 0 Å². The highest BCUT2D eigenvalue weighted by Crippen LogP contribution is 2.15. The molecule has 0 aliphatic heterocycles. The van der Waals surface area contributed by atoms with Gasteiger partial charge in [-0.1, -0.05) is 13.8 Å². The Morgan fingerprint density at radius 3 is 2.29 bits per heavy atom. The third-order valence-electron chi connectivity index (χ3n) is 3.95. The van der Waals surface area contributed by atoms with Crippen molar-refractivity contribution in [1.29, 1.82) is 0 Å². The fourth-order valence-corrected chi connectivity index (χ4v) is 2.53. The summed E-state index contributed by atoms with van der Waals surface area (Å²) in [5, 5.41) is 0. The number of nitrogens with zero attached hydrogens (tertiary/aromatic N) is 2. The summed E-state index contributed by atoms with van der Waals surface area (Å²) >= 11 is 0. The van der Waals surface area contributed by atoms with E-state index in [4.69, 9.17) is 5.73 Å². The molecule has 0 radical (unpaired) electrons. The number of benzene rings is 1. The van der Waals surface area contributed by atoms with Gasteiger partial charge in [-0.25, -0.2) is 0 Å². The van der Waals surface area contributed by atoms with Gasteiger partial charge >= 0.3 is 0 Å². The highest BCUT2D eigenvalue weighted by Gasteiger charge is 2.16. The third kappa shape index (κ3) is 5.05. The Kier molecular flexibility index (Phi) is 7.23. The Balaban J connectivity index is 2.64. The zero-order valence-corrected chi connectivity index (χ0v) is 13.9. The van der Waals surface area contributed by atoms with Gasteiger partial charge in [0, 0.05) is 24.3 Å². The molecule has 0 heterocycles. The molecule has 0 atom stereocenters. The Morgan fingerprint density at radius 2 is 1.76 bits per heavy atom. The summed E-state index contributed by atoms with van der Waals surface area (Å²) in [4.78, 5) is 16.9. The predicted molar refractivity (Wildman–Crippen MR) is 89.6 cm³/mol. The van der Waals surface area contributed by atoms with E-state index in [9.17, 15) is 4.79 Å². The van der Waals surface area contributed by atoms with Crippen molar-refractivity contribution in [1.82, 2.24) is 9.80 Å². The van der Waals surface area contributed by atoms with Crippen LogP contribution >= 0.6 is 0 Å². The molecule has 0 unspecified atom stereocenters. The minimum absolute atomic E-state index is 0.106. The first kappa shape index (κ1) is 17.5. The molecular weight excluding hydrogens is 262 g/mol. The summed E-state index contributed by atoms with van der Waals surface area (Å²) < 4.78 is 0. The number of anilines is 1. The Bertz CT molecular complexity index is 455. The second-order valence-corrected chi connectivity index (χ2v) is 5.34. The first-order valence-corrected chi connectivity index (χ1v) is 7.91. The quantitative estimate of drug-likeness (QED) is 0.749. The van der Waals surface area contributed by atoms with E-state index in [0.29, 0.717) is 5.69 Å². The number of carbonyl (C=O) groups is 1. The van der Waals surface area contributed by atoms with Crippen LogP contribution in [0.3, 0.4) is 0 Å². The lowest BCUT2D eigenvalue weighted by Gasteiger charge is -2.24. The third-order valence-corrected chi connectivity index (χ3v) is 3.95. The van der Waals surface area contributed by atoms with Gasteiger partial charge in [-0.05, 0) is 63.7 Å². The molecule has 0 aliphatic carbocycles. The van der Waals surface area contributed by atoms with E-state index in [1.54, 1.807) is 6.07 Å². The first-order valence-electron chi connectivity index (χ1n) is 7.91. The maximum atomic E-state index is 12.6. The smallest absolute Gasteiger partial charge is 0.254 e. The molecule has 2 N–H and O–H groups in total. The fourth-order valence-electron chi connectivity index (χ4n) is 2.53. The van der Waals surface area contributed by atoms with Gasteiger partial charge in [-0.2, -0.15) is 0 Å². The molecule has 4 heteroatoms. The van der Waals surface area contributed by atoms with Crippen molar-refractivity contribution in [2.45, 2.75) is 34.1 Å². The van der Waals surface area contributed by atoms with Crippen LogP contribution in [0.2, 0.25) is 0 Å². The van der Waals surface area contributed by atoms with E-state index in [2.05, 4.69) is 18.7 Å². The van der Waals surface area contributed by atoms with E-state index in [-0.39, 0.29) is 5.91 Å². The minimum atomic E-state index is 0.106. The normalized spacial score (nSPS) is 10.9. The molecule has 1 rings (SSSR count). The first-order chi connectivity index (χ1) is 10.0. The molecule has 1 aromatic carbocycles. The van der Waals surface area contributed by atoms with E-state index >= 15 is 0 Å². The van der Waals surface area contributed by atoms with Crippen LogP contribution in [0.15, 0.2) is 18.2 Å². The highest BCUT2D eigenvalue weighted by molar-refractivity contribution is 5.96. The van der Waals surface area contributed by atoms with Crippen LogP contribution in [-0.2, 0) is 0 Å². The van der Waals surface area contributed by atoms with E-state index < -0.39 is 0 Å². The molecule has 0 fully saturated rings. The molecule has 0 aliphatic rings. The van der Waals surface area contributed by atoms with Gasteiger partial charge in [0.05, 0.1) is 0 Å². The summed E-state index contributed by atoms with van der Waals surface area (Å²) in [6, 6.07) is 5.49. The van der Waals surface area contributed by atoms with Crippen LogP contribution in [0, 0.1) is 6.92 Å². The molecule has 1 amide bonds. The zero-order valence-electron chi connectivity index (χ0n) is 13.9. The maximum absolute atomic E-state index is 12.6. The number of rotatable bonds is 8. The van der Waals surface area contributed by atoms with Crippen LogP contribution < -0.4 is 5.73 Å². The Hall–Kier alpha value is -1.55. The molecular formula is C17H29N3O. The fraction of sp³-hybridized carbons (Fsp3) is 0.588. The topological polar surface area (TPSA) is 49.6 Å². The van der Waals surface area contributed by atoms with Gasteiger partial charge in [-0.15, -0.1) is 0 Å². The van der Waals surface area contributed by atoms with Gasteiger partial charge in [0.1, 0.15) is 0 Å². The minimum Gasteiger partial charge on any atom is -0.399 e. The van der Waals surface area contributed by atoms with Crippen LogP contribution in [0.25, 0.3) is 0 Å². The summed E-state index contributed by atoms with van der Waals surface area (Å²) in [6.45, 7) is 13.0. The van der Waals surface area contributed by atoms with Gasteiger partial charge in [-0.3, -0.25) is 4.79 Å². The molecule has 0 saturated heterocycles. The van der Waals surface area contributed by atoms with Gasteiger partial charge in [0.15, 0.2) is 0 Å². The highest BCUT2D eigenvalue weighted by atomic mass is 16.2. The van der Waals surface area contributed by atoms with Crippen molar-refractivity contribution in [2.24, 2.45) is 0 Å². The maximum Gasteiger partial charge on any atom is 0.254 e. The van der Waals surface area contributed by atoms with Crippen LogP contribution in [-0.4, -0.2) is 48.4 Å². The number of nitrogens with two attached hydrogens (primary N) is 1. The molecule has 0 bridgehead atoms. The molecule has 118 valence electrons. The van der Waals surface area contributed by atoms with Crippen LogP contribution in [0.1, 0.15) is 43.1 Å². The van der Waals surface area contributed by atoms with Crippen molar-refractivity contribution >= 4 is 11.6 Å². The van der Waals surface area contributed by atoms with Crippen molar-refractivity contribution in [2.75, 3.05) is 38.5 Å². The molecule has 0 aromatic heterocycles. The van der Waals surface area contributed by atoms with Crippen LogP contribution in [0.4, 0.5) is 5.69 Å². The van der Waals surface area contributed by atoms with Gasteiger partial charge < -0.3 is 15.5 Å². The lowest BCUT2D eigenvalue weighted by atomic mass is 10.1. The molecule has 0 saturated carbocycles. The van der Waals surface area contributed by atoms with E-state index in [0.717, 1.165) is 50.3 Å². The van der Waals surface area contributed by atoms with Crippen molar-refractivity contribution in [3.8, 4) is 0 Å². The zero-order chi connectivity index (χ0) is 15.8. The predicted octanol–water partition coefficient (Wildman–Crippen LogP) is 2.77. The van der Waals surface area contributed by atoms with Crippen LogP contribution in [0.5, 0.6) is 0 Å². The average molecular weight is 291 g/mol. The summed E-state index contributed by atoms with van der Waals surface area (Å²) in [6.07, 6.45) is 1.01. The monoisotopic (exact) mass is 291 g/mol. The van der Waals surface area contributed by atoms with E-state index in [1.165, 1.54) is 0 Å². The lowest BCUT2D eigenvalue weighted by Crippen LogP contribution is -2.34. The molecule has 4 nitrogen and oxygen atoms in total. The number of hydrogen-bond donors (Lipinski definition) is 1. The SMILES string of the molecule is CCN(CC)CCCN(CC)C(=O)c1ccc(N)cc1C. The second-order valence-electron chi connectivity index (χ2n) is 5.34. The number of nitrogen functional groups attached to an aromatic ring is 1. The van der Waals surface area contributed by atoms with Gasteiger partial charge in [0.2, 0.25) is 0 Å². The largest absolute Gasteiger partial charge is 0.399 e.